The minimum absolute atomic E-state index is 0.0406. The van der Waals surface area contributed by atoms with Crippen molar-refractivity contribution in [3.8, 4) is 5.75 Å². The molecule has 10 nitrogen and oxygen atoms in total. The van der Waals surface area contributed by atoms with Gasteiger partial charge in [-0.25, -0.2) is 9.59 Å². The highest BCUT2D eigenvalue weighted by atomic mass is 16.5. The van der Waals surface area contributed by atoms with E-state index in [9.17, 15) is 9.59 Å². The first kappa shape index (κ1) is 22.9. The lowest BCUT2D eigenvalue weighted by Gasteiger charge is -2.34. The molecule has 1 fully saturated rings. The number of rotatable bonds is 5. The van der Waals surface area contributed by atoms with Gasteiger partial charge in [0.15, 0.2) is 6.61 Å². The number of carboxylic acid groups (broad SMARTS) is 2. The van der Waals surface area contributed by atoms with Crippen molar-refractivity contribution in [3.05, 3.63) is 30.3 Å². The molecule has 0 aliphatic carbocycles. The van der Waals surface area contributed by atoms with Crippen LogP contribution in [0.15, 0.2) is 30.3 Å². The molecule has 28 heavy (non-hydrogen) atoms. The first-order chi connectivity index (χ1) is 13.2. The molecule has 1 unspecified atom stereocenters. The van der Waals surface area contributed by atoms with Crippen LogP contribution < -0.4 is 10.1 Å². The van der Waals surface area contributed by atoms with Gasteiger partial charge in [0.25, 0.3) is 5.91 Å². The van der Waals surface area contributed by atoms with Gasteiger partial charge in [-0.3, -0.25) is 9.59 Å². The molecule has 1 heterocycles. The number of carbonyl (C=O) groups excluding carboxylic acids is 2. The van der Waals surface area contributed by atoms with Crippen LogP contribution in [0.4, 0.5) is 0 Å². The molecule has 1 aromatic carbocycles. The molecule has 3 N–H and O–H groups in total. The average molecular weight is 395 g/mol. The SMILES string of the molecule is CC(NC(=O)COc1ccccc1)C(=O)N1CCN(C)CC1.O=C(O)C(=O)O. The lowest BCUT2D eigenvalue weighted by Crippen LogP contribution is -2.53. The van der Waals surface area contributed by atoms with Gasteiger partial charge >= 0.3 is 11.9 Å². The number of nitrogens with zero attached hydrogens (tertiary/aromatic N) is 2. The van der Waals surface area contributed by atoms with Crippen molar-refractivity contribution in [3.63, 3.8) is 0 Å². The van der Waals surface area contributed by atoms with E-state index in [0.29, 0.717) is 18.8 Å². The summed E-state index contributed by atoms with van der Waals surface area (Å²) in [4.78, 5) is 46.3. The number of nitrogens with one attached hydrogen (secondary N) is 1. The van der Waals surface area contributed by atoms with Crippen molar-refractivity contribution in [2.45, 2.75) is 13.0 Å². The van der Waals surface area contributed by atoms with Crippen LogP contribution in [0.5, 0.6) is 5.75 Å². The van der Waals surface area contributed by atoms with Gasteiger partial charge in [-0.15, -0.1) is 0 Å². The Bertz CT molecular complexity index is 661. The summed E-state index contributed by atoms with van der Waals surface area (Å²) in [5.41, 5.74) is 0. The van der Waals surface area contributed by atoms with Gasteiger partial charge in [0, 0.05) is 26.2 Å². The maximum absolute atomic E-state index is 12.3. The second-order valence-corrected chi connectivity index (χ2v) is 6.13. The summed E-state index contributed by atoms with van der Waals surface area (Å²) in [6.07, 6.45) is 0. The highest BCUT2D eigenvalue weighted by Crippen LogP contribution is 2.08. The molecule has 0 aromatic heterocycles. The van der Waals surface area contributed by atoms with Crippen LogP contribution in [0.1, 0.15) is 6.92 Å². The first-order valence-corrected chi connectivity index (χ1v) is 8.61. The van der Waals surface area contributed by atoms with Crippen molar-refractivity contribution in [2.24, 2.45) is 0 Å². The van der Waals surface area contributed by atoms with Crippen molar-refractivity contribution in [1.82, 2.24) is 15.1 Å². The van der Waals surface area contributed by atoms with Crippen molar-refractivity contribution >= 4 is 23.8 Å². The Balaban J connectivity index is 0.000000568. The maximum atomic E-state index is 12.3. The van der Waals surface area contributed by atoms with Crippen LogP contribution in [0.25, 0.3) is 0 Å². The van der Waals surface area contributed by atoms with E-state index < -0.39 is 18.0 Å². The fourth-order valence-electron chi connectivity index (χ4n) is 2.31. The summed E-state index contributed by atoms with van der Waals surface area (Å²) in [5, 5.41) is 17.5. The molecule has 1 aliphatic heterocycles. The highest BCUT2D eigenvalue weighted by molar-refractivity contribution is 6.27. The van der Waals surface area contributed by atoms with E-state index in [1.165, 1.54) is 0 Å². The Kier molecular flexibility index (Phi) is 9.44. The Morgan fingerprint density at radius 3 is 2.07 bits per heavy atom. The maximum Gasteiger partial charge on any atom is 0.414 e. The molecule has 0 saturated carbocycles. The predicted octanol–water partition coefficient (Wildman–Crippen LogP) is -0.500. The molecule has 1 atom stereocenters. The van der Waals surface area contributed by atoms with Gasteiger partial charge in [-0.1, -0.05) is 18.2 Å². The van der Waals surface area contributed by atoms with Crippen LogP contribution >= 0.6 is 0 Å². The van der Waals surface area contributed by atoms with Crippen molar-refractivity contribution < 1.29 is 34.1 Å². The van der Waals surface area contributed by atoms with E-state index in [-0.39, 0.29) is 18.4 Å². The summed E-state index contributed by atoms with van der Waals surface area (Å²) >= 11 is 0. The van der Waals surface area contributed by atoms with Crippen molar-refractivity contribution in [2.75, 3.05) is 39.8 Å². The summed E-state index contributed by atoms with van der Waals surface area (Å²) in [6, 6.07) is 8.59. The normalized spacial score (nSPS) is 14.9. The van der Waals surface area contributed by atoms with Crippen LogP contribution in [0.2, 0.25) is 0 Å². The first-order valence-electron chi connectivity index (χ1n) is 8.61. The van der Waals surface area contributed by atoms with Crippen molar-refractivity contribution in [1.29, 1.82) is 0 Å². The largest absolute Gasteiger partial charge is 0.484 e. The van der Waals surface area contributed by atoms with E-state index in [0.717, 1.165) is 13.1 Å². The number of amides is 2. The standard InChI is InChI=1S/C16H23N3O3.C2H2O4/c1-13(16(21)19-10-8-18(2)9-11-19)17-15(20)12-22-14-6-4-3-5-7-14;3-1(4)2(5)6/h3-7,13H,8-12H2,1-2H3,(H,17,20);(H,3,4)(H,5,6). The van der Waals surface area contributed by atoms with E-state index in [1.807, 2.05) is 25.2 Å². The minimum Gasteiger partial charge on any atom is -0.484 e. The molecule has 10 heteroatoms. The fourth-order valence-corrected chi connectivity index (χ4v) is 2.31. The van der Waals surface area contributed by atoms with E-state index in [1.54, 1.807) is 24.0 Å². The third-order valence-electron chi connectivity index (χ3n) is 3.86. The molecule has 1 saturated heterocycles. The lowest BCUT2D eigenvalue weighted by molar-refractivity contribution is -0.159. The Morgan fingerprint density at radius 2 is 1.57 bits per heavy atom. The van der Waals surface area contributed by atoms with Gasteiger partial charge in [0.2, 0.25) is 5.91 Å². The highest BCUT2D eigenvalue weighted by Gasteiger charge is 2.24. The molecule has 2 rings (SSSR count). The zero-order valence-electron chi connectivity index (χ0n) is 15.8. The number of carboxylic acids is 2. The molecule has 0 bridgehead atoms. The number of benzene rings is 1. The quantitative estimate of drug-likeness (QED) is 0.568. The van der Waals surface area contributed by atoms with Crippen LogP contribution in [-0.2, 0) is 19.2 Å². The fraction of sp³-hybridized carbons (Fsp3) is 0.444. The number of hydrogen-bond donors (Lipinski definition) is 3. The molecular formula is C18H25N3O7. The average Bonchev–Trinajstić information content (AvgIpc) is 2.67. The summed E-state index contributed by atoms with van der Waals surface area (Å²) in [7, 11) is 2.04. The van der Waals surface area contributed by atoms with Crippen LogP contribution in [0.3, 0.4) is 0 Å². The number of ether oxygens (including phenoxy) is 1. The second-order valence-electron chi connectivity index (χ2n) is 6.13. The van der Waals surface area contributed by atoms with Gasteiger partial charge in [-0.2, -0.15) is 0 Å². The van der Waals surface area contributed by atoms with Gasteiger partial charge in [0.1, 0.15) is 11.8 Å². The topological polar surface area (TPSA) is 136 Å². The summed E-state index contributed by atoms with van der Waals surface area (Å²) in [6.45, 7) is 4.75. The minimum atomic E-state index is -1.82. The molecule has 1 aromatic rings. The third kappa shape index (κ3) is 8.49. The van der Waals surface area contributed by atoms with E-state index >= 15 is 0 Å². The van der Waals surface area contributed by atoms with Gasteiger partial charge in [0.05, 0.1) is 0 Å². The Hall–Kier alpha value is -3.14. The monoisotopic (exact) mass is 395 g/mol. The molecule has 2 amide bonds. The zero-order chi connectivity index (χ0) is 21.1. The summed E-state index contributed by atoms with van der Waals surface area (Å²) < 4.78 is 5.36. The number of hydrogen-bond acceptors (Lipinski definition) is 6. The zero-order valence-corrected chi connectivity index (χ0v) is 15.8. The predicted molar refractivity (Wildman–Crippen MR) is 98.9 cm³/mol. The van der Waals surface area contributed by atoms with E-state index in [2.05, 4.69) is 10.2 Å². The number of likely N-dealkylation sites (N-methyl/N-ethyl adjacent to an activating group) is 1. The smallest absolute Gasteiger partial charge is 0.414 e. The Labute approximate surface area is 162 Å². The number of piperazine rings is 1. The number of para-hydroxylation sites is 1. The number of carbonyl (C=O) groups is 4. The van der Waals surface area contributed by atoms with Crippen LogP contribution in [-0.4, -0.2) is 89.6 Å². The van der Waals surface area contributed by atoms with Crippen LogP contribution in [0, 0.1) is 0 Å². The lowest BCUT2D eigenvalue weighted by atomic mass is 10.2. The Morgan fingerprint density at radius 1 is 1.04 bits per heavy atom. The van der Waals surface area contributed by atoms with Gasteiger partial charge in [-0.05, 0) is 26.1 Å². The van der Waals surface area contributed by atoms with Gasteiger partial charge < -0.3 is 30.1 Å². The van der Waals surface area contributed by atoms with E-state index in [4.69, 9.17) is 24.5 Å². The third-order valence-corrected chi connectivity index (χ3v) is 3.86. The molecule has 0 radical (unpaired) electrons. The molecule has 1 aliphatic rings. The summed E-state index contributed by atoms with van der Waals surface area (Å²) in [5.74, 6) is -3.35. The number of aliphatic carboxylic acids is 2. The molecule has 154 valence electrons. The molecule has 0 spiro atoms. The second kappa shape index (κ2) is 11.5. The molecular weight excluding hydrogens is 370 g/mol.